The standard InChI is InChI=1S/C14H18N2O2/c1-10-8-12(10)9-16(2)14-11(4-3-7-15-14)5-6-13(17)18/h3-7,10,12H,8-9H2,1-2H3,(H,17,18)/b6-5+. The lowest BCUT2D eigenvalue weighted by atomic mass is 10.2. The molecule has 0 radical (unpaired) electrons. The number of pyridine rings is 1. The van der Waals surface area contributed by atoms with Crippen LogP contribution in [0, 0.1) is 11.8 Å². The van der Waals surface area contributed by atoms with E-state index < -0.39 is 5.97 Å². The summed E-state index contributed by atoms with van der Waals surface area (Å²) in [6, 6.07) is 3.70. The van der Waals surface area contributed by atoms with E-state index in [2.05, 4.69) is 16.8 Å². The number of carbonyl (C=O) groups is 1. The second-order valence-electron chi connectivity index (χ2n) is 4.94. The van der Waals surface area contributed by atoms with Crippen LogP contribution in [0.2, 0.25) is 0 Å². The molecule has 0 bridgehead atoms. The quantitative estimate of drug-likeness (QED) is 0.810. The molecule has 2 rings (SSSR count). The van der Waals surface area contributed by atoms with Gasteiger partial charge in [-0.15, -0.1) is 0 Å². The molecule has 1 saturated carbocycles. The predicted molar refractivity (Wildman–Crippen MR) is 71.4 cm³/mol. The Morgan fingerprint density at radius 2 is 2.39 bits per heavy atom. The first kappa shape index (κ1) is 12.6. The number of rotatable bonds is 5. The molecule has 2 unspecified atom stereocenters. The van der Waals surface area contributed by atoms with E-state index in [0.717, 1.165) is 35.8 Å². The zero-order valence-electron chi connectivity index (χ0n) is 10.7. The second-order valence-corrected chi connectivity index (χ2v) is 4.94. The van der Waals surface area contributed by atoms with Gasteiger partial charge in [-0.05, 0) is 36.5 Å². The van der Waals surface area contributed by atoms with E-state index >= 15 is 0 Å². The summed E-state index contributed by atoms with van der Waals surface area (Å²) >= 11 is 0. The minimum Gasteiger partial charge on any atom is -0.478 e. The molecule has 1 fully saturated rings. The fourth-order valence-electron chi connectivity index (χ4n) is 2.11. The predicted octanol–water partition coefficient (Wildman–Crippen LogP) is 2.27. The lowest BCUT2D eigenvalue weighted by molar-refractivity contribution is -0.131. The van der Waals surface area contributed by atoms with Gasteiger partial charge in [-0.3, -0.25) is 0 Å². The van der Waals surface area contributed by atoms with E-state index in [0.29, 0.717) is 0 Å². The summed E-state index contributed by atoms with van der Waals surface area (Å²) in [5.74, 6) is 1.44. The molecule has 1 aliphatic rings. The van der Waals surface area contributed by atoms with E-state index in [4.69, 9.17) is 5.11 Å². The molecule has 1 aromatic heterocycles. The average Bonchev–Trinajstić information content (AvgIpc) is 3.02. The Balaban J connectivity index is 2.13. The zero-order chi connectivity index (χ0) is 13.1. The van der Waals surface area contributed by atoms with Crippen molar-refractivity contribution in [1.82, 2.24) is 4.98 Å². The van der Waals surface area contributed by atoms with Gasteiger partial charge in [-0.2, -0.15) is 0 Å². The number of hydrogen-bond acceptors (Lipinski definition) is 3. The topological polar surface area (TPSA) is 53.4 Å². The molecule has 0 amide bonds. The summed E-state index contributed by atoms with van der Waals surface area (Å²) in [6.45, 7) is 3.23. The Bertz CT molecular complexity index is 471. The summed E-state index contributed by atoms with van der Waals surface area (Å²) in [6.07, 6.45) is 5.75. The van der Waals surface area contributed by atoms with Crippen LogP contribution in [0.5, 0.6) is 0 Å². The first-order valence-electron chi connectivity index (χ1n) is 6.15. The molecular formula is C14H18N2O2. The fraction of sp³-hybridized carbons (Fsp3) is 0.429. The highest BCUT2D eigenvalue weighted by Gasteiger charge is 2.33. The number of hydrogen-bond donors (Lipinski definition) is 1. The molecule has 2 atom stereocenters. The number of aromatic nitrogens is 1. The van der Waals surface area contributed by atoms with Crippen molar-refractivity contribution < 1.29 is 9.90 Å². The normalized spacial score (nSPS) is 22.1. The molecular weight excluding hydrogens is 228 g/mol. The summed E-state index contributed by atoms with van der Waals surface area (Å²) in [5.41, 5.74) is 0.843. The van der Waals surface area contributed by atoms with Crippen LogP contribution in [0.3, 0.4) is 0 Å². The Kier molecular flexibility index (Phi) is 3.65. The Morgan fingerprint density at radius 3 is 3.00 bits per heavy atom. The molecule has 1 N–H and O–H groups in total. The highest BCUT2D eigenvalue weighted by molar-refractivity contribution is 5.86. The molecule has 0 saturated heterocycles. The third-order valence-corrected chi connectivity index (χ3v) is 3.37. The number of aliphatic carboxylic acids is 1. The number of carboxylic acids is 1. The number of anilines is 1. The van der Waals surface area contributed by atoms with Gasteiger partial charge in [0.1, 0.15) is 5.82 Å². The molecule has 1 aromatic rings. The summed E-state index contributed by atoms with van der Waals surface area (Å²) < 4.78 is 0. The lowest BCUT2D eigenvalue weighted by Crippen LogP contribution is -2.22. The van der Waals surface area contributed by atoms with E-state index in [-0.39, 0.29) is 0 Å². The van der Waals surface area contributed by atoms with Crippen LogP contribution in [0.1, 0.15) is 18.9 Å². The summed E-state index contributed by atoms with van der Waals surface area (Å²) in [4.78, 5) is 17.0. The minimum absolute atomic E-state index is 0.744. The highest BCUT2D eigenvalue weighted by atomic mass is 16.4. The molecule has 1 aliphatic carbocycles. The maximum absolute atomic E-state index is 10.6. The smallest absolute Gasteiger partial charge is 0.328 e. The molecule has 4 nitrogen and oxygen atoms in total. The fourth-order valence-corrected chi connectivity index (χ4v) is 2.11. The molecule has 96 valence electrons. The lowest BCUT2D eigenvalue weighted by Gasteiger charge is -2.20. The van der Waals surface area contributed by atoms with Crippen molar-refractivity contribution in [1.29, 1.82) is 0 Å². The Morgan fingerprint density at radius 1 is 1.67 bits per heavy atom. The van der Waals surface area contributed by atoms with Crippen LogP contribution in [0.4, 0.5) is 5.82 Å². The molecule has 18 heavy (non-hydrogen) atoms. The summed E-state index contributed by atoms with van der Waals surface area (Å²) in [7, 11) is 2.01. The van der Waals surface area contributed by atoms with E-state index in [9.17, 15) is 4.79 Å². The number of nitrogens with zero attached hydrogens (tertiary/aromatic N) is 2. The zero-order valence-corrected chi connectivity index (χ0v) is 10.7. The van der Waals surface area contributed by atoms with Gasteiger partial charge in [-0.25, -0.2) is 9.78 Å². The SMILES string of the molecule is CC1CC1CN(C)c1ncccc1/C=C/C(=O)O. The van der Waals surface area contributed by atoms with Crippen LogP contribution >= 0.6 is 0 Å². The van der Waals surface area contributed by atoms with E-state index in [1.54, 1.807) is 12.3 Å². The average molecular weight is 246 g/mol. The van der Waals surface area contributed by atoms with Gasteiger partial charge in [0.05, 0.1) is 0 Å². The van der Waals surface area contributed by atoms with E-state index in [1.807, 2.05) is 19.2 Å². The molecule has 0 aromatic carbocycles. The first-order chi connectivity index (χ1) is 8.58. The van der Waals surface area contributed by atoms with Crippen molar-refractivity contribution in [3.8, 4) is 0 Å². The van der Waals surface area contributed by atoms with Crippen molar-refractivity contribution in [3.63, 3.8) is 0 Å². The Labute approximate surface area is 107 Å². The molecule has 1 heterocycles. The van der Waals surface area contributed by atoms with Gasteiger partial charge in [0.25, 0.3) is 0 Å². The molecule has 4 heteroatoms. The van der Waals surface area contributed by atoms with Crippen LogP contribution in [0.25, 0.3) is 6.08 Å². The largest absolute Gasteiger partial charge is 0.478 e. The Hall–Kier alpha value is -1.84. The van der Waals surface area contributed by atoms with Crippen LogP contribution in [0.15, 0.2) is 24.4 Å². The second kappa shape index (κ2) is 5.21. The maximum atomic E-state index is 10.6. The van der Waals surface area contributed by atoms with Crippen LogP contribution in [-0.4, -0.2) is 29.7 Å². The third kappa shape index (κ3) is 3.09. The molecule has 0 aliphatic heterocycles. The van der Waals surface area contributed by atoms with E-state index in [1.165, 1.54) is 6.42 Å². The maximum Gasteiger partial charge on any atom is 0.328 e. The van der Waals surface area contributed by atoms with Crippen molar-refractivity contribution >= 4 is 17.9 Å². The van der Waals surface area contributed by atoms with Crippen LogP contribution in [-0.2, 0) is 4.79 Å². The monoisotopic (exact) mass is 246 g/mol. The van der Waals surface area contributed by atoms with Gasteiger partial charge < -0.3 is 10.0 Å². The van der Waals surface area contributed by atoms with Gasteiger partial charge in [0, 0.05) is 31.4 Å². The van der Waals surface area contributed by atoms with Gasteiger partial charge in [-0.1, -0.05) is 6.92 Å². The van der Waals surface area contributed by atoms with Crippen molar-refractivity contribution in [2.45, 2.75) is 13.3 Å². The molecule has 0 spiro atoms. The van der Waals surface area contributed by atoms with Crippen molar-refractivity contribution in [2.24, 2.45) is 11.8 Å². The van der Waals surface area contributed by atoms with Gasteiger partial charge in [0.2, 0.25) is 0 Å². The first-order valence-corrected chi connectivity index (χ1v) is 6.15. The van der Waals surface area contributed by atoms with Gasteiger partial charge in [0.15, 0.2) is 0 Å². The summed E-state index contributed by atoms with van der Waals surface area (Å²) in [5, 5.41) is 8.67. The van der Waals surface area contributed by atoms with Crippen molar-refractivity contribution in [2.75, 3.05) is 18.5 Å². The van der Waals surface area contributed by atoms with Gasteiger partial charge >= 0.3 is 5.97 Å². The highest BCUT2D eigenvalue weighted by Crippen LogP contribution is 2.38. The van der Waals surface area contributed by atoms with Crippen molar-refractivity contribution in [3.05, 3.63) is 30.0 Å². The van der Waals surface area contributed by atoms with Crippen LogP contribution < -0.4 is 4.90 Å². The minimum atomic E-state index is -0.941. The number of carboxylic acid groups (broad SMARTS) is 1. The third-order valence-electron chi connectivity index (χ3n) is 3.37.